The summed E-state index contributed by atoms with van der Waals surface area (Å²) < 4.78 is 19.4. The lowest BCUT2D eigenvalue weighted by Crippen LogP contribution is -2.10. The molecule has 0 radical (unpaired) electrons. The van der Waals surface area contributed by atoms with Crippen LogP contribution in [0.4, 0.5) is 10.2 Å². The van der Waals surface area contributed by atoms with Gasteiger partial charge in [-0.15, -0.1) is 0 Å². The van der Waals surface area contributed by atoms with E-state index in [0.717, 1.165) is 22.5 Å². The number of nitrogens with zero attached hydrogens (tertiary/aromatic N) is 1. The number of methoxy groups -OCH3 is 1. The molecule has 1 amide bonds. The summed E-state index contributed by atoms with van der Waals surface area (Å²) in [6.07, 6.45) is 2.32. The van der Waals surface area contributed by atoms with E-state index < -0.39 is 5.91 Å². The fraction of sp³-hybridized carbons (Fsp3) is 0.182. The molecule has 0 saturated heterocycles. The first-order valence-corrected chi connectivity index (χ1v) is 9.01. The molecule has 1 unspecified atom stereocenters. The highest BCUT2D eigenvalue weighted by Crippen LogP contribution is 2.36. The summed E-state index contributed by atoms with van der Waals surface area (Å²) in [4.78, 5) is 16.0. The van der Waals surface area contributed by atoms with Crippen LogP contribution in [-0.4, -0.2) is 24.5 Å². The number of anilines is 1. The Balaban J connectivity index is 1.64. The van der Waals surface area contributed by atoms with Crippen LogP contribution < -0.4 is 15.8 Å². The maximum atomic E-state index is 14.4. The van der Waals surface area contributed by atoms with Crippen LogP contribution in [0.2, 0.25) is 0 Å². The van der Waals surface area contributed by atoms with Gasteiger partial charge in [0, 0.05) is 41.4 Å². The first-order chi connectivity index (χ1) is 13.5. The number of hydrogen-bond donors (Lipinski definition) is 2. The van der Waals surface area contributed by atoms with E-state index in [1.807, 2.05) is 6.07 Å². The van der Waals surface area contributed by atoms with Crippen LogP contribution in [0.25, 0.3) is 11.1 Å². The number of carbonyl (C=O) groups excluding carboxylic acids is 1. The van der Waals surface area contributed by atoms with Crippen molar-refractivity contribution in [2.75, 3.05) is 19.0 Å². The van der Waals surface area contributed by atoms with Crippen molar-refractivity contribution >= 4 is 11.7 Å². The first-order valence-electron chi connectivity index (χ1n) is 9.01. The van der Waals surface area contributed by atoms with Gasteiger partial charge in [0.15, 0.2) is 0 Å². The Kier molecular flexibility index (Phi) is 4.69. The molecular formula is C22H20FN3O2. The summed E-state index contributed by atoms with van der Waals surface area (Å²) in [6, 6.07) is 14.1. The molecule has 0 saturated carbocycles. The third kappa shape index (κ3) is 3.41. The minimum Gasteiger partial charge on any atom is -0.497 e. The van der Waals surface area contributed by atoms with Gasteiger partial charge in [0.25, 0.3) is 0 Å². The summed E-state index contributed by atoms with van der Waals surface area (Å²) in [7, 11) is 1.52. The van der Waals surface area contributed by atoms with Crippen molar-refractivity contribution in [1.82, 2.24) is 4.98 Å². The zero-order chi connectivity index (χ0) is 19.7. The second kappa shape index (κ2) is 7.31. The van der Waals surface area contributed by atoms with E-state index in [-0.39, 0.29) is 11.7 Å². The lowest BCUT2D eigenvalue weighted by Gasteiger charge is -2.13. The Bertz CT molecular complexity index is 1050. The van der Waals surface area contributed by atoms with E-state index in [1.165, 1.54) is 13.2 Å². The monoisotopic (exact) mass is 377 g/mol. The van der Waals surface area contributed by atoms with Crippen LogP contribution in [0.5, 0.6) is 5.75 Å². The number of primary amides is 1. The number of carbonyl (C=O) groups is 1. The van der Waals surface area contributed by atoms with Crippen LogP contribution in [-0.2, 0) is 6.42 Å². The van der Waals surface area contributed by atoms with Crippen LogP contribution in [0.15, 0.2) is 54.7 Å². The van der Waals surface area contributed by atoms with E-state index in [4.69, 9.17) is 10.5 Å². The number of nitrogens with two attached hydrogens (primary N) is 1. The Morgan fingerprint density at radius 2 is 2.11 bits per heavy atom. The number of amides is 1. The molecule has 2 aromatic carbocycles. The average Bonchev–Trinajstić information content (AvgIpc) is 3.11. The molecule has 0 fully saturated rings. The zero-order valence-corrected chi connectivity index (χ0v) is 15.4. The van der Waals surface area contributed by atoms with Crippen molar-refractivity contribution in [3.8, 4) is 16.9 Å². The van der Waals surface area contributed by atoms with Crippen molar-refractivity contribution in [2.45, 2.75) is 12.3 Å². The van der Waals surface area contributed by atoms with Gasteiger partial charge in [0.05, 0.1) is 7.11 Å². The highest BCUT2D eigenvalue weighted by molar-refractivity contribution is 5.94. The number of nitrogens with one attached hydrogen (secondary N) is 1. The number of hydrogen-bond acceptors (Lipinski definition) is 4. The van der Waals surface area contributed by atoms with Crippen molar-refractivity contribution in [2.24, 2.45) is 5.73 Å². The summed E-state index contributed by atoms with van der Waals surface area (Å²) in [5.74, 6) is 0.680. The molecule has 4 rings (SSSR count). The number of rotatable bonds is 5. The average molecular weight is 377 g/mol. The number of fused-ring (bicyclic) bond motifs is 1. The molecule has 142 valence electrons. The molecule has 1 aromatic heterocycles. The lowest BCUT2D eigenvalue weighted by atomic mass is 9.92. The highest BCUT2D eigenvalue weighted by Gasteiger charge is 2.25. The molecule has 1 aliphatic rings. The number of pyridine rings is 1. The molecule has 0 aliphatic carbocycles. The summed E-state index contributed by atoms with van der Waals surface area (Å²) in [5.41, 5.74) is 9.28. The third-order valence-corrected chi connectivity index (χ3v) is 5.08. The largest absolute Gasteiger partial charge is 0.497 e. The molecule has 28 heavy (non-hydrogen) atoms. The van der Waals surface area contributed by atoms with Gasteiger partial charge >= 0.3 is 0 Å². The molecule has 1 aliphatic heterocycles. The van der Waals surface area contributed by atoms with Gasteiger partial charge in [-0.2, -0.15) is 0 Å². The Hall–Kier alpha value is -3.41. The summed E-state index contributed by atoms with van der Waals surface area (Å²) >= 11 is 0. The summed E-state index contributed by atoms with van der Waals surface area (Å²) in [5, 5.41) is 3.29. The fourth-order valence-corrected chi connectivity index (χ4v) is 3.55. The maximum Gasteiger partial charge on any atom is 0.248 e. The maximum absolute atomic E-state index is 14.4. The van der Waals surface area contributed by atoms with Gasteiger partial charge in [-0.05, 0) is 41.8 Å². The Morgan fingerprint density at radius 1 is 1.25 bits per heavy atom. The Morgan fingerprint density at radius 3 is 2.86 bits per heavy atom. The second-order valence-electron chi connectivity index (χ2n) is 6.85. The number of ether oxygens (including phenoxy) is 1. The molecule has 1 atom stereocenters. The van der Waals surface area contributed by atoms with Gasteiger partial charge in [-0.3, -0.25) is 4.79 Å². The minimum atomic E-state index is -0.467. The minimum absolute atomic E-state index is 0.102. The number of benzene rings is 2. The van der Waals surface area contributed by atoms with Crippen LogP contribution in [0, 0.1) is 5.82 Å². The number of aromatic nitrogens is 1. The molecule has 0 spiro atoms. The lowest BCUT2D eigenvalue weighted by molar-refractivity contribution is 0.100. The van der Waals surface area contributed by atoms with Crippen LogP contribution in [0.3, 0.4) is 0 Å². The predicted molar refractivity (Wildman–Crippen MR) is 106 cm³/mol. The topological polar surface area (TPSA) is 77.2 Å². The van der Waals surface area contributed by atoms with E-state index in [1.54, 1.807) is 36.5 Å². The van der Waals surface area contributed by atoms with Gasteiger partial charge in [0.1, 0.15) is 17.4 Å². The second-order valence-corrected chi connectivity index (χ2v) is 6.85. The van der Waals surface area contributed by atoms with Gasteiger partial charge < -0.3 is 15.8 Å². The zero-order valence-electron chi connectivity index (χ0n) is 15.4. The first kappa shape index (κ1) is 18.0. The molecule has 0 bridgehead atoms. The Labute approximate surface area is 162 Å². The van der Waals surface area contributed by atoms with Crippen molar-refractivity contribution in [1.29, 1.82) is 0 Å². The van der Waals surface area contributed by atoms with Crippen LogP contribution in [0.1, 0.15) is 27.4 Å². The normalized spacial score (nSPS) is 15.0. The SMILES string of the molecule is COc1ccc(CC2CNc3ncc(-c4cccc(C(N)=O)c4)cc32)c(F)c1. The predicted octanol–water partition coefficient (Wildman–Crippen LogP) is 3.75. The molecule has 3 N–H and O–H groups in total. The van der Waals surface area contributed by atoms with Crippen molar-refractivity contribution in [3.63, 3.8) is 0 Å². The molecular weight excluding hydrogens is 357 g/mol. The third-order valence-electron chi connectivity index (χ3n) is 5.08. The van der Waals surface area contributed by atoms with E-state index in [0.29, 0.717) is 29.8 Å². The standard InChI is InChI=1S/C22H20FN3O2/c1-28-18-6-5-14(20(23)10-18)8-17-12-26-22-19(17)9-16(11-25-22)13-3-2-4-15(7-13)21(24)27/h2-7,9-11,17H,8,12H2,1H3,(H2,24,27)(H,25,26). The smallest absolute Gasteiger partial charge is 0.248 e. The quantitative estimate of drug-likeness (QED) is 0.710. The number of halogens is 1. The highest BCUT2D eigenvalue weighted by atomic mass is 19.1. The van der Waals surface area contributed by atoms with Gasteiger partial charge in [-0.25, -0.2) is 9.37 Å². The van der Waals surface area contributed by atoms with Gasteiger partial charge in [-0.1, -0.05) is 18.2 Å². The van der Waals surface area contributed by atoms with E-state index in [9.17, 15) is 9.18 Å². The van der Waals surface area contributed by atoms with Crippen LogP contribution >= 0.6 is 0 Å². The summed E-state index contributed by atoms with van der Waals surface area (Å²) in [6.45, 7) is 0.693. The molecule has 5 nitrogen and oxygen atoms in total. The fourth-order valence-electron chi connectivity index (χ4n) is 3.55. The van der Waals surface area contributed by atoms with E-state index >= 15 is 0 Å². The van der Waals surface area contributed by atoms with E-state index in [2.05, 4.69) is 16.4 Å². The van der Waals surface area contributed by atoms with Crippen molar-refractivity contribution in [3.05, 3.63) is 77.2 Å². The van der Waals surface area contributed by atoms with Crippen molar-refractivity contribution < 1.29 is 13.9 Å². The molecule has 2 heterocycles. The molecule has 6 heteroatoms. The molecule has 3 aromatic rings. The van der Waals surface area contributed by atoms with Gasteiger partial charge in [0.2, 0.25) is 5.91 Å².